The van der Waals surface area contributed by atoms with Gasteiger partial charge in [-0.2, -0.15) is 4.68 Å². The molecule has 7 nitrogen and oxygen atoms in total. The summed E-state index contributed by atoms with van der Waals surface area (Å²) in [5.41, 5.74) is 0.706. The van der Waals surface area contributed by atoms with E-state index in [1.54, 1.807) is 12.1 Å². The molecular weight excluding hydrogens is 321 g/mol. The van der Waals surface area contributed by atoms with Gasteiger partial charge in [0.1, 0.15) is 5.82 Å². The van der Waals surface area contributed by atoms with Gasteiger partial charge in [-0.15, -0.1) is 5.10 Å². The van der Waals surface area contributed by atoms with Crippen LogP contribution in [0.3, 0.4) is 0 Å². The summed E-state index contributed by atoms with van der Waals surface area (Å²) in [6.07, 6.45) is 0. The second-order valence-electron chi connectivity index (χ2n) is 4.62. The second-order valence-corrected chi connectivity index (χ2v) is 6.39. The molecule has 0 aliphatic carbocycles. The van der Waals surface area contributed by atoms with E-state index < -0.39 is 15.8 Å². The third-order valence-corrected chi connectivity index (χ3v) is 4.46. The molecule has 2 aromatic carbocycles. The minimum absolute atomic E-state index is 0.124. The molecule has 0 aliphatic rings. The average molecular weight is 333 g/mol. The molecule has 1 heterocycles. The minimum atomic E-state index is -3.86. The number of aromatic nitrogens is 4. The molecule has 3 rings (SSSR count). The summed E-state index contributed by atoms with van der Waals surface area (Å²) >= 11 is 0. The van der Waals surface area contributed by atoms with Gasteiger partial charge in [0, 0.05) is 0 Å². The Balaban J connectivity index is 1.81. The largest absolute Gasteiger partial charge is 0.241 e. The monoisotopic (exact) mass is 333 g/mol. The van der Waals surface area contributed by atoms with Gasteiger partial charge >= 0.3 is 0 Å². The van der Waals surface area contributed by atoms with Crippen molar-refractivity contribution < 1.29 is 12.8 Å². The van der Waals surface area contributed by atoms with Crippen LogP contribution in [-0.4, -0.2) is 28.6 Å². The highest BCUT2D eigenvalue weighted by atomic mass is 32.2. The summed E-state index contributed by atoms with van der Waals surface area (Å²) in [6, 6.07) is 13.8. The molecule has 0 aliphatic heterocycles. The SMILES string of the molecule is O=S(=O)(NCc1nnnn1-c1ccccc1)c1cccc(F)c1. The van der Waals surface area contributed by atoms with Crippen LogP contribution in [-0.2, 0) is 16.6 Å². The standard InChI is InChI=1S/C14H12FN5O2S/c15-11-5-4-8-13(9-11)23(21,22)16-10-14-17-18-19-20(14)12-6-2-1-3-7-12/h1-9,16H,10H2. The molecule has 0 unspecified atom stereocenters. The smallest absolute Gasteiger partial charge is 0.207 e. The Morgan fingerprint density at radius 1 is 1.09 bits per heavy atom. The molecule has 0 bridgehead atoms. The first-order valence-electron chi connectivity index (χ1n) is 6.64. The van der Waals surface area contributed by atoms with Crippen molar-refractivity contribution >= 4 is 10.0 Å². The third-order valence-electron chi connectivity index (χ3n) is 3.06. The molecule has 23 heavy (non-hydrogen) atoms. The van der Waals surface area contributed by atoms with Crippen LogP contribution in [0.25, 0.3) is 5.69 Å². The minimum Gasteiger partial charge on any atom is -0.207 e. The van der Waals surface area contributed by atoms with E-state index in [9.17, 15) is 12.8 Å². The molecule has 0 spiro atoms. The fraction of sp³-hybridized carbons (Fsp3) is 0.0714. The molecule has 1 N–H and O–H groups in total. The Morgan fingerprint density at radius 3 is 2.61 bits per heavy atom. The van der Waals surface area contributed by atoms with Gasteiger partial charge in [-0.25, -0.2) is 17.5 Å². The lowest BCUT2D eigenvalue weighted by Gasteiger charge is -2.07. The lowest BCUT2D eigenvalue weighted by atomic mass is 10.3. The number of rotatable bonds is 5. The highest BCUT2D eigenvalue weighted by Crippen LogP contribution is 2.12. The van der Waals surface area contributed by atoms with Gasteiger partial charge in [0.2, 0.25) is 10.0 Å². The number of hydrogen-bond acceptors (Lipinski definition) is 5. The maximum atomic E-state index is 13.2. The number of hydrogen-bond donors (Lipinski definition) is 1. The zero-order chi connectivity index (χ0) is 16.3. The van der Waals surface area contributed by atoms with Gasteiger partial charge in [0.15, 0.2) is 5.82 Å². The zero-order valence-electron chi connectivity index (χ0n) is 11.8. The van der Waals surface area contributed by atoms with Crippen molar-refractivity contribution in [1.82, 2.24) is 24.9 Å². The van der Waals surface area contributed by atoms with Gasteiger partial charge in [-0.05, 0) is 40.8 Å². The summed E-state index contributed by atoms with van der Waals surface area (Å²) in [7, 11) is -3.86. The van der Waals surface area contributed by atoms with Gasteiger partial charge in [0.25, 0.3) is 0 Å². The van der Waals surface area contributed by atoms with Crippen molar-refractivity contribution in [2.75, 3.05) is 0 Å². The topological polar surface area (TPSA) is 89.8 Å². The first kappa shape index (κ1) is 15.3. The van der Waals surface area contributed by atoms with Crippen LogP contribution in [0, 0.1) is 5.82 Å². The van der Waals surface area contributed by atoms with Gasteiger partial charge in [-0.3, -0.25) is 0 Å². The summed E-state index contributed by atoms with van der Waals surface area (Å²) < 4.78 is 41.3. The summed E-state index contributed by atoms with van der Waals surface area (Å²) in [4.78, 5) is -0.156. The van der Waals surface area contributed by atoms with E-state index in [2.05, 4.69) is 20.2 Å². The van der Waals surface area contributed by atoms with E-state index in [1.165, 1.54) is 22.9 Å². The van der Waals surface area contributed by atoms with Gasteiger partial charge in [0.05, 0.1) is 17.1 Å². The van der Waals surface area contributed by atoms with E-state index in [4.69, 9.17) is 0 Å². The summed E-state index contributed by atoms with van der Waals surface area (Å²) in [5, 5.41) is 11.2. The molecule has 118 valence electrons. The Kier molecular flexibility index (Phi) is 4.13. The van der Waals surface area contributed by atoms with Crippen LogP contribution < -0.4 is 4.72 Å². The number of nitrogens with zero attached hydrogens (tertiary/aromatic N) is 4. The van der Waals surface area contributed by atoms with Crippen LogP contribution in [0.1, 0.15) is 5.82 Å². The number of benzene rings is 2. The molecule has 0 saturated heterocycles. The normalized spacial score (nSPS) is 11.5. The molecule has 0 fully saturated rings. The molecular formula is C14H12FN5O2S. The van der Waals surface area contributed by atoms with Crippen molar-refractivity contribution in [3.8, 4) is 5.69 Å². The first-order chi connectivity index (χ1) is 11.1. The second kappa shape index (κ2) is 6.23. The Hall–Kier alpha value is -2.65. The van der Waals surface area contributed by atoms with E-state index in [-0.39, 0.29) is 11.4 Å². The van der Waals surface area contributed by atoms with Crippen LogP contribution in [0.5, 0.6) is 0 Å². The van der Waals surface area contributed by atoms with Crippen LogP contribution in [0.15, 0.2) is 59.5 Å². The van der Waals surface area contributed by atoms with E-state index in [1.807, 2.05) is 18.2 Å². The summed E-state index contributed by atoms with van der Waals surface area (Å²) in [6.45, 7) is -0.124. The predicted octanol–water partition coefficient (Wildman–Crippen LogP) is 1.28. The van der Waals surface area contributed by atoms with Crippen molar-refractivity contribution in [3.63, 3.8) is 0 Å². The lowest BCUT2D eigenvalue weighted by molar-refractivity contribution is 0.574. The zero-order valence-corrected chi connectivity index (χ0v) is 12.6. The maximum Gasteiger partial charge on any atom is 0.241 e. The van der Waals surface area contributed by atoms with E-state index in [0.717, 1.165) is 6.07 Å². The molecule has 0 saturated carbocycles. The fourth-order valence-corrected chi connectivity index (χ4v) is 2.97. The molecule has 0 atom stereocenters. The van der Waals surface area contributed by atoms with Crippen molar-refractivity contribution in [3.05, 3.63) is 66.2 Å². The van der Waals surface area contributed by atoms with E-state index in [0.29, 0.717) is 11.5 Å². The van der Waals surface area contributed by atoms with E-state index >= 15 is 0 Å². The number of para-hydroxylation sites is 1. The molecule has 0 amide bonds. The Morgan fingerprint density at radius 2 is 1.87 bits per heavy atom. The van der Waals surface area contributed by atoms with Crippen LogP contribution >= 0.6 is 0 Å². The van der Waals surface area contributed by atoms with Crippen molar-refractivity contribution in [1.29, 1.82) is 0 Å². The highest BCUT2D eigenvalue weighted by molar-refractivity contribution is 7.89. The third kappa shape index (κ3) is 3.41. The van der Waals surface area contributed by atoms with Gasteiger partial charge in [-0.1, -0.05) is 24.3 Å². The average Bonchev–Trinajstić information content (AvgIpc) is 3.02. The fourth-order valence-electron chi connectivity index (χ4n) is 1.96. The van der Waals surface area contributed by atoms with Crippen molar-refractivity contribution in [2.45, 2.75) is 11.4 Å². The number of tetrazole rings is 1. The van der Waals surface area contributed by atoms with Crippen LogP contribution in [0.4, 0.5) is 4.39 Å². The van der Waals surface area contributed by atoms with Crippen LogP contribution in [0.2, 0.25) is 0 Å². The number of sulfonamides is 1. The molecule has 3 aromatic rings. The molecule has 9 heteroatoms. The quantitative estimate of drug-likeness (QED) is 0.760. The molecule has 1 aromatic heterocycles. The van der Waals surface area contributed by atoms with Crippen molar-refractivity contribution in [2.24, 2.45) is 0 Å². The summed E-state index contributed by atoms with van der Waals surface area (Å²) in [5.74, 6) is -0.307. The molecule has 0 radical (unpaired) electrons. The first-order valence-corrected chi connectivity index (χ1v) is 8.12. The number of halogens is 1. The Labute approximate surface area is 131 Å². The highest BCUT2D eigenvalue weighted by Gasteiger charge is 2.17. The number of nitrogens with one attached hydrogen (secondary N) is 1. The maximum absolute atomic E-state index is 13.2. The van der Waals surface area contributed by atoms with Gasteiger partial charge < -0.3 is 0 Å². The predicted molar refractivity (Wildman–Crippen MR) is 79.6 cm³/mol. The lowest BCUT2D eigenvalue weighted by Crippen LogP contribution is -2.25. The Bertz CT molecular complexity index is 912.